The summed E-state index contributed by atoms with van der Waals surface area (Å²) in [7, 11) is 0. The number of fused-ring (bicyclic) bond motifs is 9. The molecule has 0 atom stereocenters. The number of benzene rings is 6. The van der Waals surface area contributed by atoms with Crippen LogP contribution in [-0.4, -0.2) is 4.57 Å². The third-order valence-electron chi connectivity index (χ3n) is 13.6. The van der Waals surface area contributed by atoms with Crippen LogP contribution in [0.2, 0.25) is 0 Å². The normalized spacial score (nSPS) is 13.9. The highest BCUT2D eigenvalue weighted by atomic mass is 16.3. The van der Waals surface area contributed by atoms with Gasteiger partial charge in [-0.2, -0.15) is 0 Å². The van der Waals surface area contributed by atoms with Gasteiger partial charge in [0.1, 0.15) is 16.7 Å². The van der Waals surface area contributed by atoms with E-state index in [0.29, 0.717) is 0 Å². The third-order valence-corrected chi connectivity index (χ3v) is 13.6. The minimum atomic E-state index is -0.117. The molecule has 63 heavy (non-hydrogen) atoms. The molecular formula is C60H69NO2. The summed E-state index contributed by atoms with van der Waals surface area (Å²) in [6, 6.07) is 35.0. The van der Waals surface area contributed by atoms with Crippen molar-refractivity contribution in [3.05, 3.63) is 124 Å². The van der Waals surface area contributed by atoms with E-state index in [2.05, 4.69) is 220 Å². The molecule has 0 radical (unpaired) electrons. The highest BCUT2D eigenvalue weighted by Gasteiger charge is 2.31. The molecule has 326 valence electrons. The Morgan fingerprint density at radius 2 is 0.746 bits per heavy atom. The molecule has 9 aromatic rings. The Hall–Kier alpha value is -5.28. The first-order chi connectivity index (χ1) is 29.0. The van der Waals surface area contributed by atoms with E-state index < -0.39 is 0 Å². The number of hydrogen-bond donors (Lipinski definition) is 0. The zero-order valence-corrected chi connectivity index (χ0v) is 41.4. The number of nitrogens with zero attached hydrogens (tertiary/aromatic N) is 1. The fourth-order valence-corrected chi connectivity index (χ4v) is 9.66. The van der Waals surface area contributed by atoms with Crippen molar-refractivity contribution in [2.75, 3.05) is 0 Å². The molecule has 0 fully saturated rings. The Bertz CT molecular complexity index is 3310. The lowest BCUT2D eigenvalue weighted by Crippen LogP contribution is -2.16. The van der Waals surface area contributed by atoms with Crippen molar-refractivity contribution < 1.29 is 8.83 Å². The minimum Gasteiger partial charge on any atom is -0.455 e. The highest BCUT2D eigenvalue weighted by molar-refractivity contribution is 6.20. The fourth-order valence-electron chi connectivity index (χ4n) is 9.66. The Labute approximate surface area is 375 Å². The van der Waals surface area contributed by atoms with Crippen molar-refractivity contribution >= 4 is 65.7 Å². The van der Waals surface area contributed by atoms with E-state index in [1.165, 1.54) is 65.9 Å². The first-order valence-corrected chi connectivity index (χ1v) is 23.2. The maximum absolute atomic E-state index is 7.29. The van der Waals surface area contributed by atoms with E-state index >= 15 is 0 Å². The topological polar surface area (TPSA) is 31.2 Å². The Kier molecular flexibility index (Phi) is 9.29. The molecule has 3 aromatic heterocycles. The molecule has 0 saturated heterocycles. The lowest BCUT2D eigenvalue weighted by atomic mass is 9.79. The summed E-state index contributed by atoms with van der Waals surface area (Å²) in [4.78, 5) is 0. The van der Waals surface area contributed by atoms with Crippen LogP contribution in [-0.2, 0) is 32.5 Å². The molecule has 3 nitrogen and oxygen atoms in total. The Balaban J connectivity index is 1.44. The smallest absolute Gasteiger partial charge is 0.159 e. The molecular weight excluding hydrogens is 767 g/mol. The first kappa shape index (κ1) is 43.0. The number of rotatable bonds is 2. The fraction of sp³-hybridized carbons (Fsp3) is 0.400. The standard InChI is InChI=1S/C60H69NO2/c1-55(2,3)34-26-40(51-41(27-34)42-28-35(56(4,5)6)31-45(52(42)62-51)59(13,14)15)38-23-21-25-48-50(38)39-22-19-20-24-47(39)61(48)49-33-37(58(10,11)12)30-44-43-29-36(57(7,8)9)32-46(60(16,17)18)53(43)63-54(44)49/h19-33H,1-18H3. The van der Waals surface area contributed by atoms with Crippen molar-refractivity contribution in [2.45, 2.75) is 157 Å². The van der Waals surface area contributed by atoms with Gasteiger partial charge in [-0.05, 0) is 109 Å². The van der Waals surface area contributed by atoms with Crippen LogP contribution in [0.3, 0.4) is 0 Å². The van der Waals surface area contributed by atoms with E-state index in [1.807, 2.05) is 0 Å². The van der Waals surface area contributed by atoms with Gasteiger partial charge in [-0.1, -0.05) is 167 Å². The van der Waals surface area contributed by atoms with Gasteiger partial charge in [-0.25, -0.2) is 0 Å². The number of furan rings is 2. The molecule has 0 amide bonds. The summed E-state index contributed by atoms with van der Waals surface area (Å²) in [6.07, 6.45) is 0. The molecule has 3 heterocycles. The van der Waals surface area contributed by atoms with Crippen molar-refractivity contribution in [3.8, 4) is 16.8 Å². The summed E-state index contributed by atoms with van der Waals surface area (Å²) in [5.41, 5.74) is 16.7. The van der Waals surface area contributed by atoms with E-state index in [4.69, 9.17) is 8.83 Å². The van der Waals surface area contributed by atoms with Crippen LogP contribution >= 0.6 is 0 Å². The first-order valence-electron chi connectivity index (χ1n) is 23.2. The largest absolute Gasteiger partial charge is 0.455 e. The predicted octanol–water partition coefficient (Wildman–Crippen LogP) is 18.0. The van der Waals surface area contributed by atoms with Crippen LogP contribution in [0.1, 0.15) is 158 Å². The molecule has 0 spiro atoms. The molecule has 3 heteroatoms. The van der Waals surface area contributed by atoms with Gasteiger partial charge in [0.25, 0.3) is 0 Å². The summed E-state index contributed by atoms with van der Waals surface area (Å²) >= 11 is 0. The van der Waals surface area contributed by atoms with Gasteiger partial charge >= 0.3 is 0 Å². The van der Waals surface area contributed by atoms with Crippen molar-refractivity contribution in [3.63, 3.8) is 0 Å². The average Bonchev–Trinajstić information content (AvgIpc) is 3.84. The van der Waals surface area contributed by atoms with Crippen LogP contribution < -0.4 is 0 Å². The van der Waals surface area contributed by atoms with Crippen LogP contribution in [0.4, 0.5) is 0 Å². The van der Waals surface area contributed by atoms with Gasteiger partial charge < -0.3 is 13.4 Å². The lowest BCUT2D eigenvalue weighted by Gasteiger charge is -2.25. The number of hydrogen-bond acceptors (Lipinski definition) is 2. The second kappa shape index (κ2) is 13.6. The quantitative estimate of drug-likeness (QED) is 0.174. The van der Waals surface area contributed by atoms with Crippen molar-refractivity contribution in [2.24, 2.45) is 0 Å². The Morgan fingerprint density at radius 1 is 0.333 bits per heavy atom. The van der Waals surface area contributed by atoms with Gasteiger partial charge in [-0.3, -0.25) is 0 Å². The third kappa shape index (κ3) is 7.00. The van der Waals surface area contributed by atoms with Crippen molar-refractivity contribution in [1.29, 1.82) is 0 Å². The van der Waals surface area contributed by atoms with Crippen LogP contribution in [0.5, 0.6) is 0 Å². The summed E-state index contributed by atoms with van der Waals surface area (Å²) in [5.74, 6) is 0. The predicted molar refractivity (Wildman–Crippen MR) is 273 cm³/mol. The zero-order chi connectivity index (χ0) is 45.7. The molecule has 0 aliphatic heterocycles. The molecule has 0 aliphatic carbocycles. The molecule has 0 N–H and O–H groups in total. The highest BCUT2D eigenvalue weighted by Crippen LogP contribution is 2.49. The van der Waals surface area contributed by atoms with Gasteiger partial charge in [0.15, 0.2) is 5.58 Å². The van der Waals surface area contributed by atoms with Crippen LogP contribution in [0, 0.1) is 0 Å². The second-order valence-electron chi connectivity index (χ2n) is 24.8. The summed E-state index contributed by atoms with van der Waals surface area (Å²) in [6.45, 7) is 41.6. The van der Waals surface area contributed by atoms with E-state index in [-0.39, 0.29) is 32.5 Å². The van der Waals surface area contributed by atoms with E-state index in [9.17, 15) is 0 Å². The summed E-state index contributed by atoms with van der Waals surface area (Å²) < 4.78 is 17.1. The van der Waals surface area contributed by atoms with Crippen LogP contribution in [0.25, 0.3) is 82.5 Å². The van der Waals surface area contributed by atoms with Gasteiger partial charge in [-0.15, -0.1) is 0 Å². The molecule has 0 saturated carbocycles. The average molecular weight is 836 g/mol. The van der Waals surface area contributed by atoms with Gasteiger partial charge in [0, 0.05) is 49.0 Å². The second-order valence-corrected chi connectivity index (χ2v) is 24.8. The molecule has 6 aromatic carbocycles. The van der Waals surface area contributed by atoms with E-state index in [0.717, 1.165) is 50.0 Å². The number of aromatic nitrogens is 1. The summed E-state index contributed by atoms with van der Waals surface area (Å²) in [5, 5.41) is 7.14. The maximum Gasteiger partial charge on any atom is 0.159 e. The van der Waals surface area contributed by atoms with Gasteiger partial charge in [0.05, 0.1) is 16.7 Å². The monoisotopic (exact) mass is 836 g/mol. The van der Waals surface area contributed by atoms with E-state index in [1.54, 1.807) is 0 Å². The van der Waals surface area contributed by atoms with Crippen molar-refractivity contribution in [1.82, 2.24) is 4.57 Å². The molecule has 0 unspecified atom stereocenters. The minimum absolute atomic E-state index is 0.0194. The molecule has 0 aliphatic rings. The Morgan fingerprint density at radius 3 is 1.24 bits per heavy atom. The van der Waals surface area contributed by atoms with Crippen LogP contribution in [0.15, 0.2) is 99.8 Å². The molecule has 0 bridgehead atoms. The zero-order valence-electron chi connectivity index (χ0n) is 41.4. The maximum atomic E-state index is 7.29. The molecule has 9 rings (SSSR count). The van der Waals surface area contributed by atoms with Gasteiger partial charge in [0.2, 0.25) is 0 Å². The lowest BCUT2D eigenvalue weighted by molar-refractivity contribution is 0.558. The number of para-hydroxylation sites is 1. The SMILES string of the molecule is CC(C)(C)c1cc(-c2cccc3c2c2ccccc2n3-c2cc(C(C)(C)C)cc3c2oc2c(C(C)(C)C)cc(C(C)(C)C)cc23)c2oc3c(C(C)(C)C)cc(C(C)(C)C)cc3c2c1.